The fourth-order valence-corrected chi connectivity index (χ4v) is 1.03. The second-order valence-electron chi connectivity index (χ2n) is 2.81. The van der Waals surface area contributed by atoms with Gasteiger partial charge in [-0.05, 0) is 6.07 Å². The molecule has 16 heavy (non-hydrogen) atoms. The fourth-order valence-electron chi connectivity index (χ4n) is 1.03. The van der Waals surface area contributed by atoms with Gasteiger partial charge >= 0.3 is 0 Å². The van der Waals surface area contributed by atoms with E-state index in [0.29, 0.717) is 0 Å². The summed E-state index contributed by atoms with van der Waals surface area (Å²) in [5, 5.41) is 6.48. The number of guanidine groups is 1. The molecule has 4 N–H and O–H groups in total. The van der Waals surface area contributed by atoms with Crippen LogP contribution in [0.2, 0.25) is 0 Å². The first-order valence-electron chi connectivity index (χ1n) is 4.21. The molecule has 0 aliphatic carbocycles. The third-order valence-corrected chi connectivity index (χ3v) is 1.68. The van der Waals surface area contributed by atoms with E-state index < -0.39 is 17.8 Å². The molecule has 1 aromatic rings. The summed E-state index contributed by atoms with van der Waals surface area (Å²) in [4.78, 5) is 0. The number of benzene rings is 1. The first-order chi connectivity index (χ1) is 7.52. The fraction of sp³-hybridized carbons (Fsp3) is 0.111. The molecule has 0 aliphatic rings. The van der Waals surface area contributed by atoms with E-state index in [-0.39, 0.29) is 11.5 Å². The van der Waals surface area contributed by atoms with Crippen molar-refractivity contribution in [3.63, 3.8) is 0 Å². The van der Waals surface area contributed by atoms with Gasteiger partial charge in [-0.3, -0.25) is 0 Å². The average Bonchev–Trinajstić information content (AvgIpc) is 2.19. The zero-order valence-corrected chi connectivity index (χ0v) is 8.07. The summed E-state index contributed by atoms with van der Waals surface area (Å²) in [5.41, 5.74) is 9.13. The Bertz CT molecular complexity index is 425. The van der Waals surface area contributed by atoms with Crippen molar-refractivity contribution >= 4 is 12.2 Å². The lowest BCUT2D eigenvalue weighted by Crippen LogP contribution is -2.21. The first-order valence-corrected chi connectivity index (χ1v) is 4.21. The maximum Gasteiger partial charge on any atom is 0.264 e. The van der Waals surface area contributed by atoms with E-state index in [4.69, 9.17) is 11.5 Å². The van der Waals surface area contributed by atoms with Crippen LogP contribution in [0.4, 0.5) is 13.2 Å². The van der Waals surface area contributed by atoms with Gasteiger partial charge in [0.1, 0.15) is 5.82 Å². The number of nitrogens with two attached hydrogens (primary N) is 2. The minimum absolute atomic E-state index is 0.331. The summed E-state index contributed by atoms with van der Waals surface area (Å²) in [6.07, 6.45) is -1.95. The normalized spacial score (nSPS) is 11.0. The highest BCUT2D eigenvalue weighted by Crippen LogP contribution is 2.23. The Morgan fingerprint density at radius 1 is 1.31 bits per heavy atom. The summed E-state index contributed by atoms with van der Waals surface area (Å²) in [5.74, 6) is -1.15. The molecule has 0 aromatic heterocycles. The van der Waals surface area contributed by atoms with Crippen molar-refractivity contribution in [1.82, 2.24) is 0 Å². The summed E-state index contributed by atoms with van der Waals surface area (Å²) >= 11 is 0. The molecule has 1 rings (SSSR count). The molecule has 7 heteroatoms. The molecular weight excluding hydrogens is 221 g/mol. The van der Waals surface area contributed by atoms with E-state index in [2.05, 4.69) is 10.2 Å². The first kappa shape index (κ1) is 12.0. The van der Waals surface area contributed by atoms with Gasteiger partial charge in [-0.2, -0.15) is 5.10 Å². The van der Waals surface area contributed by atoms with Crippen LogP contribution < -0.4 is 11.5 Å². The van der Waals surface area contributed by atoms with E-state index in [9.17, 15) is 13.2 Å². The molecule has 0 heterocycles. The monoisotopic (exact) mass is 230 g/mol. The lowest BCUT2D eigenvalue weighted by atomic mass is 10.1. The van der Waals surface area contributed by atoms with Crippen LogP contribution >= 0.6 is 0 Å². The minimum Gasteiger partial charge on any atom is -0.369 e. The SMILES string of the molecule is NC(N)=NN=Cc1c(F)cccc1C(F)F. The number of halogens is 3. The molecule has 0 atom stereocenters. The molecule has 0 aliphatic heterocycles. The van der Waals surface area contributed by atoms with Gasteiger partial charge in [0.25, 0.3) is 6.43 Å². The molecule has 1 aromatic carbocycles. The third-order valence-electron chi connectivity index (χ3n) is 1.68. The largest absolute Gasteiger partial charge is 0.369 e. The predicted molar refractivity (Wildman–Crippen MR) is 54.8 cm³/mol. The molecule has 4 nitrogen and oxygen atoms in total. The number of rotatable bonds is 3. The van der Waals surface area contributed by atoms with Crippen LogP contribution in [0, 0.1) is 5.82 Å². The molecule has 86 valence electrons. The van der Waals surface area contributed by atoms with E-state index in [1.54, 1.807) is 0 Å². The Kier molecular flexibility index (Phi) is 3.87. The lowest BCUT2D eigenvalue weighted by molar-refractivity contribution is 0.151. The van der Waals surface area contributed by atoms with Crippen LogP contribution in [0.3, 0.4) is 0 Å². The van der Waals surface area contributed by atoms with Crippen LogP contribution in [0.25, 0.3) is 0 Å². The number of alkyl halides is 2. The smallest absolute Gasteiger partial charge is 0.264 e. The molecule has 0 saturated heterocycles. The number of hydrogen-bond donors (Lipinski definition) is 2. The molecular formula is C9H9F3N4. The van der Waals surface area contributed by atoms with Gasteiger partial charge in [-0.25, -0.2) is 13.2 Å². The topological polar surface area (TPSA) is 76.8 Å². The summed E-state index contributed by atoms with van der Waals surface area (Å²) in [7, 11) is 0. The van der Waals surface area contributed by atoms with Gasteiger partial charge in [0, 0.05) is 11.1 Å². The summed E-state index contributed by atoms with van der Waals surface area (Å²) in [6.45, 7) is 0. The van der Waals surface area contributed by atoms with Gasteiger partial charge in [0.15, 0.2) is 0 Å². The van der Waals surface area contributed by atoms with Crippen molar-refractivity contribution in [2.45, 2.75) is 6.43 Å². The van der Waals surface area contributed by atoms with E-state index in [1.165, 1.54) is 6.07 Å². The second-order valence-corrected chi connectivity index (χ2v) is 2.81. The summed E-state index contributed by atoms with van der Waals surface area (Å²) < 4.78 is 38.2. The summed E-state index contributed by atoms with van der Waals surface area (Å²) in [6, 6.07) is 3.34. The lowest BCUT2D eigenvalue weighted by Gasteiger charge is -2.04. The average molecular weight is 230 g/mol. The van der Waals surface area contributed by atoms with E-state index in [0.717, 1.165) is 18.3 Å². The van der Waals surface area contributed by atoms with E-state index in [1.807, 2.05) is 0 Å². The van der Waals surface area contributed by atoms with Crippen molar-refractivity contribution in [3.8, 4) is 0 Å². The van der Waals surface area contributed by atoms with Crippen LogP contribution in [-0.4, -0.2) is 12.2 Å². The Morgan fingerprint density at radius 2 is 2.00 bits per heavy atom. The zero-order valence-electron chi connectivity index (χ0n) is 8.07. The van der Waals surface area contributed by atoms with Crippen molar-refractivity contribution in [3.05, 3.63) is 35.1 Å². The Labute approximate surface area is 89.5 Å². The highest BCUT2D eigenvalue weighted by atomic mass is 19.3. The third kappa shape index (κ3) is 2.97. The van der Waals surface area contributed by atoms with Gasteiger partial charge in [-0.1, -0.05) is 12.1 Å². The Hall–Kier alpha value is -2.05. The minimum atomic E-state index is -2.80. The second kappa shape index (κ2) is 5.15. The maximum absolute atomic E-state index is 13.2. The van der Waals surface area contributed by atoms with Gasteiger partial charge in [-0.15, -0.1) is 5.10 Å². The molecule has 0 saturated carbocycles. The van der Waals surface area contributed by atoms with E-state index >= 15 is 0 Å². The molecule has 0 radical (unpaired) electrons. The molecule has 0 spiro atoms. The van der Waals surface area contributed by atoms with Crippen LogP contribution in [-0.2, 0) is 0 Å². The van der Waals surface area contributed by atoms with Crippen molar-refractivity contribution < 1.29 is 13.2 Å². The van der Waals surface area contributed by atoms with Crippen LogP contribution in [0.1, 0.15) is 17.6 Å². The number of nitrogens with zero attached hydrogens (tertiary/aromatic N) is 2. The van der Waals surface area contributed by atoms with Crippen LogP contribution in [0.15, 0.2) is 28.4 Å². The van der Waals surface area contributed by atoms with Gasteiger partial charge < -0.3 is 11.5 Å². The molecule has 0 fully saturated rings. The molecule has 0 unspecified atom stereocenters. The maximum atomic E-state index is 13.2. The number of hydrogen-bond acceptors (Lipinski definition) is 2. The zero-order chi connectivity index (χ0) is 12.1. The highest BCUT2D eigenvalue weighted by molar-refractivity contribution is 5.83. The highest BCUT2D eigenvalue weighted by Gasteiger charge is 2.14. The Morgan fingerprint density at radius 3 is 2.56 bits per heavy atom. The van der Waals surface area contributed by atoms with Gasteiger partial charge in [0.2, 0.25) is 5.96 Å². The molecule has 0 amide bonds. The van der Waals surface area contributed by atoms with Crippen molar-refractivity contribution in [2.24, 2.45) is 21.7 Å². The predicted octanol–water partition coefficient (Wildman–Crippen LogP) is 1.37. The quantitative estimate of drug-likeness (QED) is 0.467. The Balaban J connectivity index is 3.11. The van der Waals surface area contributed by atoms with Crippen molar-refractivity contribution in [2.75, 3.05) is 0 Å². The van der Waals surface area contributed by atoms with Gasteiger partial charge in [0.05, 0.1) is 6.21 Å². The van der Waals surface area contributed by atoms with Crippen LogP contribution in [0.5, 0.6) is 0 Å². The standard InChI is InChI=1S/C9H9F3N4/c10-7-3-1-2-5(8(11)12)6(7)4-15-16-9(13)14/h1-4,8H,(H4,13,14,16). The van der Waals surface area contributed by atoms with Crippen molar-refractivity contribution in [1.29, 1.82) is 0 Å². The molecule has 0 bridgehead atoms.